The number of fused-ring (bicyclic) bond motifs is 1. The molecule has 0 saturated carbocycles. The van der Waals surface area contributed by atoms with Gasteiger partial charge in [-0.05, 0) is 85.7 Å². The number of nitrogens with two attached hydrogens (primary N) is 1. The number of carbonyl (C=O) groups is 2. The Hall–Kier alpha value is -4.95. The summed E-state index contributed by atoms with van der Waals surface area (Å²) in [5, 5.41) is 13.3. The van der Waals surface area contributed by atoms with Crippen LogP contribution in [-0.4, -0.2) is 47.8 Å². The minimum absolute atomic E-state index is 0.243. The normalized spacial score (nSPS) is 10.0. The summed E-state index contributed by atoms with van der Waals surface area (Å²) in [6.45, 7) is 1.49. The summed E-state index contributed by atoms with van der Waals surface area (Å²) in [5.41, 5.74) is 10.9. The van der Waals surface area contributed by atoms with Crippen LogP contribution in [0.25, 0.3) is 10.9 Å². The number of nitrogens with one attached hydrogen (secondary N) is 2. The van der Waals surface area contributed by atoms with Crippen molar-refractivity contribution in [2.45, 2.75) is 12.8 Å². The number of hydrogen-bond acceptors (Lipinski definition) is 7. The summed E-state index contributed by atoms with van der Waals surface area (Å²) < 4.78 is 5.57. The third-order valence-electron chi connectivity index (χ3n) is 5.85. The van der Waals surface area contributed by atoms with Crippen LogP contribution >= 0.6 is 0 Å². The molecule has 2 aromatic heterocycles. The highest BCUT2D eigenvalue weighted by atomic mass is 16.5. The van der Waals surface area contributed by atoms with Crippen molar-refractivity contribution in [3.63, 3.8) is 0 Å². The van der Waals surface area contributed by atoms with Gasteiger partial charge in [-0.25, -0.2) is 0 Å². The second-order valence-corrected chi connectivity index (χ2v) is 8.82. The van der Waals surface area contributed by atoms with Crippen LogP contribution in [0.15, 0.2) is 97.3 Å². The highest BCUT2D eigenvalue weighted by molar-refractivity contribution is 5.87. The Morgan fingerprint density at radius 2 is 1.62 bits per heavy atom. The maximum absolute atomic E-state index is 10.7. The van der Waals surface area contributed by atoms with Gasteiger partial charge in [-0.3, -0.25) is 14.6 Å². The van der Waals surface area contributed by atoms with Gasteiger partial charge in [0.2, 0.25) is 0 Å². The van der Waals surface area contributed by atoms with Crippen LogP contribution in [0.3, 0.4) is 0 Å². The van der Waals surface area contributed by atoms with E-state index in [1.54, 1.807) is 30.3 Å². The van der Waals surface area contributed by atoms with Crippen molar-refractivity contribution >= 4 is 29.2 Å². The van der Waals surface area contributed by atoms with E-state index in [9.17, 15) is 14.7 Å². The van der Waals surface area contributed by atoms with Crippen molar-refractivity contribution in [2.75, 3.05) is 25.9 Å². The predicted octanol–water partition coefficient (Wildman–Crippen LogP) is 5.23. The predicted molar refractivity (Wildman–Crippen MR) is 159 cm³/mol. The number of pyridine rings is 1. The second kappa shape index (κ2) is 16.1. The number of anilines is 1. The first-order chi connectivity index (χ1) is 19.5. The number of aromatic hydroxyl groups is 1. The number of benzene rings is 3. The van der Waals surface area contributed by atoms with E-state index < -0.39 is 0 Å². The minimum atomic E-state index is 0.243. The average Bonchev–Trinajstić information content (AvgIpc) is 3.43. The Balaban J connectivity index is 0.000000178. The molecule has 0 saturated heterocycles. The van der Waals surface area contributed by atoms with Crippen molar-refractivity contribution in [3.8, 4) is 11.5 Å². The van der Waals surface area contributed by atoms with E-state index in [1.807, 2.05) is 74.0 Å². The molecule has 0 unspecified atom stereocenters. The third-order valence-corrected chi connectivity index (χ3v) is 5.85. The van der Waals surface area contributed by atoms with Crippen LogP contribution in [0.4, 0.5) is 5.69 Å². The fourth-order valence-corrected chi connectivity index (χ4v) is 3.67. The van der Waals surface area contributed by atoms with Crippen molar-refractivity contribution < 1.29 is 19.4 Å². The lowest BCUT2D eigenvalue weighted by Gasteiger charge is -2.09. The third kappa shape index (κ3) is 9.74. The summed E-state index contributed by atoms with van der Waals surface area (Å²) in [6.07, 6.45) is 7.01. The van der Waals surface area contributed by atoms with E-state index >= 15 is 0 Å². The monoisotopic (exact) mass is 538 g/mol. The van der Waals surface area contributed by atoms with Crippen LogP contribution in [0.5, 0.6) is 11.5 Å². The number of nitrogens with zero attached hydrogens (tertiary/aromatic N) is 1. The number of hydrogen-bond donors (Lipinski definition) is 4. The summed E-state index contributed by atoms with van der Waals surface area (Å²) in [6, 6.07) is 25.6. The van der Waals surface area contributed by atoms with Gasteiger partial charge in [0.05, 0.1) is 18.0 Å². The number of carbonyl (C=O) groups excluding carboxylic acids is 2. The zero-order chi connectivity index (χ0) is 28.6. The number of aldehydes is 2. The van der Waals surface area contributed by atoms with E-state index in [-0.39, 0.29) is 5.75 Å². The highest BCUT2D eigenvalue weighted by Gasteiger charge is 2.03. The molecule has 0 atom stereocenters. The molecule has 5 rings (SSSR count). The summed E-state index contributed by atoms with van der Waals surface area (Å²) in [5.74, 6) is 0.760. The lowest BCUT2D eigenvalue weighted by molar-refractivity contribution is 0.111. The van der Waals surface area contributed by atoms with E-state index in [0.717, 1.165) is 42.0 Å². The Bertz CT molecular complexity index is 1430. The highest BCUT2D eigenvalue weighted by Crippen LogP contribution is 2.22. The van der Waals surface area contributed by atoms with Gasteiger partial charge >= 0.3 is 0 Å². The van der Waals surface area contributed by atoms with Gasteiger partial charge in [0.25, 0.3) is 0 Å². The van der Waals surface area contributed by atoms with Gasteiger partial charge in [-0.15, -0.1) is 0 Å². The van der Waals surface area contributed by atoms with Gasteiger partial charge < -0.3 is 25.9 Å². The molecule has 0 radical (unpaired) electrons. The largest absolute Gasteiger partial charge is 0.508 e. The van der Waals surface area contributed by atoms with Crippen LogP contribution in [-0.2, 0) is 12.8 Å². The molecule has 0 aliphatic carbocycles. The molecule has 40 heavy (non-hydrogen) atoms. The molecule has 5 N–H and O–H groups in total. The maximum Gasteiger partial charge on any atom is 0.166 e. The Kier molecular flexibility index (Phi) is 11.9. The number of para-hydroxylation sites is 1. The van der Waals surface area contributed by atoms with Gasteiger partial charge in [-0.2, -0.15) is 0 Å². The summed E-state index contributed by atoms with van der Waals surface area (Å²) >= 11 is 0. The second-order valence-electron chi connectivity index (χ2n) is 8.82. The van der Waals surface area contributed by atoms with E-state index in [0.29, 0.717) is 35.7 Å². The van der Waals surface area contributed by atoms with Gasteiger partial charge in [0.15, 0.2) is 6.29 Å². The standard InChI is InChI=1S/C15H15NO3.C9H7NO.C8H12N2/c16-14-6-3-12(10-17)9-15(14)19-8-7-11-1-4-13(18)5-2-11;11-6-8-5-7-3-1-2-4-9(7)10-8;1-9-5-2-8-3-6-10-7-4-8/h1-6,9-10,18H,7-8,16H2;1-6,10H;3-4,6-7,9H,2,5H2,1H3. The summed E-state index contributed by atoms with van der Waals surface area (Å²) in [4.78, 5) is 27.9. The van der Waals surface area contributed by atoms with Crippen molar-refractivity contribution in [1.29, 1.82) is 0 Å². The van der Waals surface area contributed by atoms with Crippen LogP contribution in [0.2, 0.25) is 0 Å². The van der Waals surface area contributed by atoms with E-state index in [2.05, 4.69) is 15.3 Å². The zero-order valence-corrected chi connectivity index (χ0v) is 22.4. The van der Waals surface area contributed by atoms with Gasteiger partial charge in [0.1, 0.15) is 17.8 Å². The molecular formula is C32H34N4O4. The molecule has 0 amide bonds. The molecule has 206 valence electrons. The Morgan fingerprint density at radius 1 is 0.900 bits per heavy atom. The zero-order valence-electron chi connectivity index (χ0n) is 22.4. The van der Waals surface area contributed by atoms with Crippen molar-refractivity contribution in [3.05, 3.63) is 120 Å². The molecule has 0 bridgehead atoms. The number of rotatable bonds is 9. The van der Waals surface area contributed by atoms with Gasteiger partial charge in [0, 0.05) is 35.3 Å². The number of ether oxygens (including phenoxy) is 1. The first-order valence-corrected chi connectivity index (χ1v) is 12.8. The lowest BCUT2D eigenvalue weighted by Crippen LogP contribution is -2.10. The molecule has 0 aliphatic heterocycles. The van der Waals surface area contributed by atoms with E-state index in [4.69, 9.17) is 10.5 Å². The molecule has 2 heterocycles. The van der Waals surface area contributed by atoms with Crippen LogP contribution in [0, 0.1) is 0 Å². The minimum Gasteiger partial charge on any atom is -0.508 e. The Labute approximate surface area is 233 Å². The fraction of sp³-hybridized carbons (Fsp3) is 0.156. The fourth-order valence-electron chi connectivity index (χ4n) is 3.67. The summed E-state index contributed by atoms with van der Waals surface area (Å²) in [7, 11) is 1.96. The molecule has 0 aliphatic rings. The Morgan fingerprint density at radius 3 is 2.30 bits per heavy atom. The topological polar surface area (TPSA) is 130 Å². The molecule has 8 nitrogen and oxygen atoms in total. The average molecular weight is 539 g/mol. The number of aromatic amines is 1. The van der Waals surface area contributed by atoms with Gasteiger partial charge in [-0.1, -0.05) is 30.3 Å². The van der Waals surface area contributed by atoms with Crippen molar-refractivity contribution in [2.24, 2.45) is 0 Å². The first kappa shape index (κ1) is 29.6. The molecule has 8 heteroatoms. The van der Waals surface area contributed by atoms with E-state index in [1.165, 1.54) is 5.56 Å². The van der Waals surface area contributed by atoms with Crippen LogP contribution < -0.4 is 15.8 Å². The number of aromatic nitrogens is 2. The number of phenols is 1. The molecule has 5 aromatic rings. The molecule has 0 spiro atoms. The molecule has 0 fully saturated rings. The smallest absolute Gasteiger partial charge is 0.166 e. The first-order valence-electron chi connectivity index (χ1n) is 12.8. The quantitative estimate of drug-likeness (QED) is 0.149. The van der Waals surface area contributed by atoms with Crippen molar-refractivity contribution in [1.82, 2.24) is 15.3 Å². The maximum atomic E-state index is 10.7. The number of phenolic OH excluding ortho intramolecular Hbond substituents is 1. The van der Waals surface area contributed by atoms with Crippen LogP contribution in [0.1, 0.15) is 32.0 Å². The lowest BCUT2D eigenvalue weighted by atomic mass is 10.1. The SMILES string of the molecule is CNCCc1ccncc1.Nc1ccc(C=O)cc1OCCc1ccc(O)cc1.O=Cc1cc2ccccc2[nH]1. The molecular weight excluding hydrogens is 504 g/mol. The number of likely N-dealkylation sites (N-methyl/N-ethyl adjacent to an activating group) is 1. The number of H-pyrrole nitrogens is 1. The molecule has 3 aromatic carbocycles. The number of nitrogen functional groups attached to an aromatic ring is 1.